The predicted molar refractivity (Wildman–Crippen MR) is 43.8 cm³/mol. The van der Waals surface area contributed by atoms with E-state index in [2.05, 4.69) is 10.6 Å². The van der Waals surface area contributed by atoms with Crippen LogP contribution < -0.4 is 10.6 Å². The SMILES string of the molecule is O=C1CCC(NC2COC2)CN1. The second-order valence-corrected chi connectivity index (χ2v) is 3.44. The molecule has 0 spiro atoms. The number of hydrogen-bond acceptors (Lipinski definition) is 3. The molecule has 1 unspecified atom stereocenters. The molecule has 2 aliphatic rings. The predicted octanol–water partition coefficient (Wildman–Crippen LogP) is -0.747. The molecule has 0 aliphatic carbocycles. The van der Waals surface area contributed by atoms with E-state index < -0.39 is 0 Å². The molecule has 0 saturated carbocycles. The lowest BCUT2D eigenvalue weighted by Crippen LogP contribution is -2.55. The molecule has 2 fully saturated rings. The van der Waals surface area contributed by atoms with Gasteiger partial charge in [-0.3, -0.25) is 4.79 Å². The summed E-state index contributed by atoms with van der Waals surface area (Å²) in [5, 5.41) is 6.28. The maximum absolute atomic E-state index is 10.8. The Morgan fingerprint density at radius 1 is 1.42 bits per heavy atom. The van der Waals surface area contributed by atoms with Gasteiger partial charge in [0.25, 0.3) is 0 Å². The summed E-state index contributed by atoms with van der Waals surface area (Å²) < 4.78 is 5.05. The van der Waals surface area contributed by atoms with Crippen LogP contribution in [0.5, 0.6) is 0 Å². The van der Waals surface area contributed by atoms with Gasteiger partial charge in [0.05, 0.1) is 19.3 Å². The van der Waals surface area contributed by atoms with Crippen molar-refractivity contribution in [2.45, 2.75) is 24.9 Å². The Labute approximate surface area is 71.7 Å². The average molecular weight is 170 g/mol. The highest BCUT2D eigenvalue weighted by Gasteiger charge is 2.24. The molecule has 1 amide bonds. The summed E-state index contributed by atoms with van der Waals surface area (Å²) in [4.78, 5) is 10.8. The van der Waals surface area contributed by atoms with Gasteiger partial charge in [0.15, 0.2) is 0 Å². The van der Waals surface area contributed by atoms with E-state index in [0.717, 1.165) is 26.2 Å². The van der Waals surface area contributed by atoms with Crippen LogP contribution in [-0.4, -0.2) is 37.7 Å². The Bertz CT molecular complexity index is 170. The van der Waals surface area contributed by atoms with Gasteiger partial charge in [-0.1, -0.05) is 0 Å². The Balaban J connectivity index is 1.70. The van der Waals surface area contributed by atoms with Crippen molar-refractivity contribution in [1.82, 2.24) is 10.6 Å². The molecule has 2 heterocycles. The maximum atomic E-state index is 10.8. The number of rotatable bonds is 2. The van der Waals surface area contributed by atoms with Gasteiger partial charge in [-0.25, -0.2) is 0 Å². The van der Waals surface area contributed by atoms with Gasteiger partial charge < -0.3 is 15.4 Å². The second kappa shape index (κ2) is 3.41. The second-order valence-electron chi connectivity index (χ2n) is 3.44. The third-order valence-corrected chi connectivity index (χ3v) is 2.37. The van der Waals surface area contributed by atoms with E-state index in [0.29, 0.717) is 18.5 Å². The maximum Gasteiger partial charge on any atom is 0.220 e. The van der Waals surface area contributed by atoms with Gasteiger partial charge in [-0.2, -0.15) is 0 Å². The molecule has 0 radical (unpaired) electrons. The van der Waals surface area contributed by atoms with Gasteiger partial charge in [-0.05, 0) is 6.42 Å². The van der Waals surface area contributed by atoms with Crippen LogP contribution in [0.2, 0.25) is 0 Å². The molecule has 2 aliphatic heterocycles. The molecule has 2 N–H and O–H groups in total. The topological polar surface area (TPSA) is 50.4 Å². The first-order valence-corrected chi connectivity index (χ1v) is 4.45. The van der Waals surface area contributed by atoms with E-state index in [1.54, 1.807) is 0 Å². The van der Waals surface area contributed by atoms with Crippen LogP contribution in [-0.2, 0) is 9.53 Å². The summed E-state index contributed by atoms with van der Waals surface area (Å²) in [6, 6.07) is 0.974. The fraction of sp³-hybridized carbons (Fsp3) is 0.875. The molecule has 4 nitrogen and oxygen atoms in total. The van der Waals surface area contributed by atoms with Gasteiger partial charge in [0.2, 0.25) is 5.91 Å². The number of amides is 1. The quantitative estimate of drug-likeness (QED) is 0.573. The minimum atomic E-state index is 0.179. The zero-order valence-electron chi connectivity index (χ0n) is 7.01. The molecular formula is C8H14N2O2. The summed E-state index contributed by atoms with van der Waals surface area (Å²) in [6.07, 6.45) is 1.62. The van der Waals surface area contributed by atoms with Crippen LogP contribution in [0.25, 0.3) is 0 Å². The molecule has 0 aromatic rings. The third kappa shape index (κ3) is 1.76. The van der Waals surface area contributed by atoms with Crippen molar-refractivity contribution in [3.8, 4) is 0 Å². The lowest BCUT2D eigenvalue weighted by molar-refractivity contribution is -0.122. The van der Waals surface area contributed by atoms with Crippen LogP contribution in [0, 0.1) is 0 Å². The standard InChI is InChI=1S/C8H14N2O2/c11-8-2-1-6(3-9-8)10-7-4-12-5-7/h6-7,10H,1-5H2,(H,9,11). The zero-order chi connectivity index (χ0) is 8.39. The molecule has 4 heteroatoms. The molecule has 2 saturated heterocycles. The Morgan fingerprint density at radius 2 is 2.25 bits per heavy atom. The number of piperidine rings is 1. The summed E-state index contributed by atoms with van der Waals surface area (Å²) in [5.41, 5.74) is 0. The van der Waals surface area contributed by atoms with E-state index in [1.165, 1.54) is 0 Å². The van der Waals surface area contributed by atoms with Crippen LogP contribution >= 0.6 is 0 Å². The molecule has 12 heavy (non-hydrogen) atoms. The number of carbonyl (C=O) groups is 1. The van der Waals surface area contributed by atoms with Gasteiger partial charge in [0.1, 0.15) is 0 Å². The van der Waals surface area contributed by atoms with Gasteiger partial charge >= 0.3 is 0 Å². The third-order valence-electron chi connectivity index (χ3n) is 2.37. The van der Waals surface area contributed by atoms with E-state index in [9.17, 15) is 4.79 Å². The molecular weight excluding hydrogens is 156 g/mol. The highest BCUT2D eigenvalue weighted by molar-refractivity contribution is 5.76. The Hall–Kier alpha value is -0.610. The summed E-state index contributed by atoms with van der Waals surface area (Å²) in [5.74, 6) is 0.179. The smallest absolute Gasteiger partial charge is 0.220 e. The molecule has 2 rings (SSSR count). The minimum Gasteiger partial charge on any atom is -0.378 e. The molecule has 0 aromatic heterocycles. The van der Waals surface area contributed by atoms with Crippen LogP contribution in [0.4, 0.5) is 0 Å². The van der Waals surface area contributed by atoms with Crippen molar-refractivity contribution in [3.05, 3.63) is 0 Å². The average Bonchev–Trinajstić information content (AvgIpc) is 2.00. The molecule has 68 valence electrons. The van der Waals surface area contributed by atoms with E-state index in [4.69, 9.17) is 4.74 Å². The number of hydrogen-bond donors (Lipinski definition) is 2. The summed E-state index contributed by atoms with van der Waals surface area (Å²) in [6.45, 7) is 2.42. The van der Waals surface area contributed by atoms with Crippen molar-refractivity contribution in [2.24, 2.45) is 0 Å². The summed E-state index contributed by atoms with van der Waals surface area (Å²) in [7, 11) is 0. The van der Waals surface area contributed by atoms with Crippen molar-refractivity contribution < 1.29 is 9.53 Å². The first kappa shape index (κ1) is 8.01. The lowest BCUT2D eigenvalue weighted by atomic mass is 10.1. The number of nitrogens with one attached hydrogen (secondary N) is 2. The van der Waals surface area contributed by atoms with Crippen molar-refractivity contribution >= 4 is 5.91 Å². The lowest BCUT2D eigenvalue weighted by Gasteiger charge is -2.33. The number of ether oxygens (including phenoxy) is 1. The highest BCUT2D eigenvalue weighted by atomic mass is 16.5. The van der Waals surface area contributed by atoms with Gasteiger partial charge in [-0.15, -0.1) is 0 Å². The van der Waals surface area contributed by atoms with Gasteiger partial charge in [0, 0.05) is 19.0 Å². The first-order valence-electron chi connectivity index (χ1n) is 4.45. The normalized spacial score (nSPS) is 31.0. The Morgan fingerprint density at radius 3 is 2.75 bits per heavy atom. The van der Waals surface area contributed by atoms with E-state index >= 15 is 0 Å². The summed E-state index contributed by atoms with van der Waals surface area (Å²) >= 11 is 0. The van der Waals surface area contributed by atoms with Crippen LogP contribution in [0.15, 0.2) is 0 Å². The monoisotopic (exact) mass is 170 g/mol. The van der Waals surface area contributed by atoms with Crippen molar-refractivity contribution in [1.29, 1.82) is 0 Å². The Kier molecular flexibility index (Phi) is 2.28. The highest BCUT2D eigenvalue weighted by Crippen LogP contribution is 2.07. The van der Waals surface area contributed by atoms with E-state index in [1.807, 2.05) is 0 Å². The van der Waals surface area contributed by atoms with Crippen LogP contribution in [0.3, 0.4) is 0 Å². The fourth-order valence-corrected chi connectivity index (χ4v) is 1.54. The van der Waals surface area contributed by atoms with Crippen molar-refractivity contribution in [2.75, 3.05) is 19.8 Å². The molecule has 0 aromatic carbocycles. The first-order chi connectivity index (χ1) is 5.84. The molecule has 0 bridgehead atoms. The molecule has 1 atom stereocenters. The van der Waals surface area contributed by atoms with Crippen molar-refractivity contribution in [3.63, 3.8) is 0 Å². The number of carbonyl (C=O) groups excluding carboxylic acids is 1. The zero-order valence-corrected chi connectivity index (χ0v) is 7.01. The minimum absolute atomic E-state index is 0.179. The fourth-order valence-electron chi connectivity index (χ4n) is 1.54. The van der Waals surface area contributed by atoms with Crippen LogP contribution in [0.1, 0.15) is 12.8 Å². The van der Waals surface area contributed by atoms with E-state index in [-0.39, 0.29) is 5.91 Å². The largest absolute Gasteiger partial charge is 0.378 e.